The lowest BCUT2D eigenvalue weighted by molar-refractivity contribution is 0.0941. The maximum Gasteiger partial charge on any atom is 0.291 e. The smallest absolute Gasteiger partial charge is 0.291 e. The number of aryl methyl sites for hydroxylation is 1. The molecule has 2 aromatic rings. The average Bonchev–Trinajstić information content (AvgIpc) is 2.86. The highest BCUT2D eigenvalue weighted by Crippen LogP contribution is 2.05. The van der Waals surface area contributed by atoms with E-state index in [0.29, 0.717) is 18.1 Å². The molecule has 0 bridgehead atoms. The van der Waals surface area contributed by atoms with Gasteiger partial charge in [0.05, 0.1) is 0 Å². The van der Waals surface area contributed by atoms with Gasteiger partial charge in [0.15, 0.2) is 0 Å². The van der Waals surface area contributed by atoms with Crippen molar-refractivity contribution in [2.75, 3.05) is 5.73 Å². The summed E-state index contributed by atoms with van der Waals surface area (Å²) < 4.78 is 0. The molecule has 0 radical (unpaired) electrons. The fourth-order valence-electron chi connectivity index (χ4n) is 1.45. The third kappa shape index (κ3) is 2.85. The van der Waals surface area contributed by atoms with E-state index in [-0.39, 0.29) is 11.7 Å². The van der Waals surface area contributed by atoms with Crippen LogP contribution in [0.25, 0.3) is 0 Å². The van der Waals surface area contributed by atoms with Gasteiger partial charge in [-0.3, -0.25) is 9.89 Å². The molecule has 0 saturated heterocycles. The molecule has 1 heterocycles. The summed E-state index contributed by atoms with van der Waals surface area (Å²) in [5.41, 5.74) is 7.26. The molecule has 0 fully saturated rings. The molecular weight excluding hydrogens is 230 g/mol. The zero-order valence-corrected chi connectivity index (χ0v) is 10.1. The van der Waals surface area contributed by atoms with E-state index in [4.69, 9.17) is 5.73 Å². The van der Waals surface area contributed by atoms with Crippen molar-refractivity contribution in [1.82, 2.24) is 20.5 Å². The number of aromatic nitrogens is 3. The van der Waals surface area contributed by atoms with Crippen molar-refractivity contribution in [3.8, 4) is 0 Å². The van der Waals surface area contributed by atoms with E-state index < -0.39 is 0 Å². The Morgan fingerprint density at radius 2 is 2.11 bits per heavy atom. The number of rotatable bonds is 4. The fraction of sp³-hybridized carbons (Fsp3) is 0.250. The first kappa shape index (κ1) is 12.1. The summed E-state index contributed by atoms with van der Waals surface area (Å²) >= 11 is 0. The van der Waals surface area contributed by atoms with Crippen LogP contribution >= 0.6 is 0 Å². The van der Waals surface area contributed by atoms with Gasteiger partial charge in [-0.25, -0.2) is 4.98 Å². The summed E-state index contributed by atoms with van der Waals surface area (Å²) in [6, 6.07) is 7.32. The van der Waals surface area contributed by atoms with Crippen molar-refractivity contribution in [2.45, 2.75) is 19.9 Å². The largest absolute Gasteiger partial charge is 0.399 e. The topological polar surface area (TPSA) is 96.7 Å². The molecule has 0 saturated carbocycles. The fourth-order valence-corrected chi connectivity index (χ4v) is 1.45. The van der Waals surface area contributed by atoms with Crippen molar-refractivity contribution < 1.29 is 4.79 Å². The van der Waals surface area contributed by atoms with Crippen molar-refractivity contribution >= 4 is 11.6 Å². The molecular formula is C12H15N5O. The summed E-state index contributed by atoms with van der Waals surface area (Å²) in [5.74, 6) is 0.581. The summed E-state index contributed by atoms with van der Waals surface area (Å²) in [6.45, 7) is 2.37. The minimum Gasteiger partial charge on any atom is -0.399 e. The van der Waals surface area contributed by atoms with Crippen molar-refractivity contribution in [3.63, 3.8) is 0 Å². The van der Waals surface area contributed by atoms with Gasteiger partial charge in [-0.15, -0.1) is 5.10 Å². The van der Waals surface area contributed by atoms with Gasteiger partial charge >= 0.3 is 0 Å². The number of aromatic amines is 1. The van der Waals surface area contributed by atoms with E-state index >= 15 is 0 Å². The molecule has 1 aromatic heterocycles. The Hall–Kier alpha value is -2.37. The third-order valence-electron chi connectivity index (χ3n) is 2.50. The molecule has 6 nitrogen and oxygen atoms in total. The lowest BCUT2D eigenvalue weighted by atomic mass is 10.2. The number of H-pyrrole nitrogens is 1. The number of anilines is 1. The normalized spacial score (nSPS) is 10.3. The lowest BCUT2D eigenvalue weighted by Crippen LogP contribution is -2.24. The molecule has 18 heavy (non-hydrogen) atoms. The molecule has 0 aliphatic rings. The predicted molar refractivity (Wildman–Crippen MR) is 67.8 cm³/mol. The summed E-state index contributed by atoms with van der Waals surface area (Å²) in [6.07, 6.45) is 0.720. The molecule has 2 rings (SSSR count). The quantitative estimate of drug-likeness (QED) is 0.696. The molecule has 0 aliphatic carbocycles. The zero-order chi connectivity index (χ0) is 13.0. The van der Waals surface area contributed by atoms with Gasteiger partial charge in [0, 0.05) is 18.7 Å². The van der Waals surface area contributed by atoms with E-state index in [1.807, 2.05) is 19.1 Å². The van der Waals surface area contributed by atoms with Gasteiger partial charge in [0.1, 0.15) is 5.82 Å². The number of nitrogens with two attached hydrogens (primary N) is 1. The van der Waals surface area contributed by atoms with E-state index in [0.717, 1.165) is 12.0 Å². The number of hydrogen-bond acceptors (Lipinski definition) is 4. The number of nitrogen functional groups attached to an aromatic ring is 1. The highest BCUT2D eigenvalue weighted by Gasteiger charge is 2.10. The third-order valence-corrected chi connectivity index (χ3v) is 2.50. The molecule has 0 unspecified atom stereocenters. The number of hydrogen-bond donors (Lipinski definition) is 3. The second-order valence-electron chi connectivity index (χ2n) is 3.88. The predicted octanol–water partition coefficient (Wildman–Crippen LogP) is 0.879. The Bertz CT molecular complexity index is 532. The van der Waals surface area contributed by atoms with Crippen LogP contribution < -0.4 is 11.1 Å². The molecule has 1 amide bonds. The minimum absolute atomic E-state index is 0.169. The highest BCUT2D eigenvalue weighted by atomic mass is 16.2. The van der Waals surface area contributed by atoms with Gasteiger partial charge in [0.2, 0.25) is 5.82 Å². The average molecular weight is 245 g/mol. The molecule has 4 N–H and O–H groups in total. The zero-order valence-electron chi connectivity index (χ0n) is 10.1. The first-order chi connectivity index (χ1) is 8.69. The van der Waals surface area contributed by atoms with E-state index in [9.17, 15) is 4.79 Å². The van der Waals surface area contributed by atoms with Crippen LogP contribution in [-0.4, -0.2) is 21.1 Å². The molecule has 0 spiro atoms. The summed E-state index contributed by atoms with van der Waals surface area (Å²) in [5, 5.41) is 9.30. The number of nitrogens with one attached hydrogen (secondary N) is 2. The molecule has 6 heteroatoms. The van der Waals surface area contributed by atoms with Gasteiger partial charge in [-0.2, -0.15) is 0 Å². The Morgan fingerprint density at radius 1 is 1.39 bits per heavy atom. The molecule has 94 valence electrons. The van der Waals surface area contributed by atoms with Gasteiger partial charge in [-0.05, 0) is 17.7 Å². The molecule has 0 atom stereocenters. The van der Waals surface area contributed by atoms with Crippen molar-refractivity contribution in [1.29, 1.82) is 0 Å². The number of carbonyl (C=O) groups is 1. The number of benzene rings is 1. The lowest BCUT2D eigenvalue weighted by Gasteiger charge is -2.03. The Balaban J connectivity index is 1.93. The van der Waals surface area contributed by atoms with Gasteiger partial charge in [0.25, 0.3) is 5.91 Å². The maximum atomic E-state index is 11.7. The van der Waals surface area contributed by atoms with Crippen LogP contribution in [0.5, 0.6) is 0 Å². The van der Waals surface area contributed by atoms with Crippen molar-refractivity contribution in [3.05, 3.63) is 41.5 Å². The molecule has 1 aromatic carbocycles. The van der Waals surface area contributed by atoms with E-state index in [1.165, 1.54) is 0 Å². The standard InChI is InChI=1S/C12H15N5O/c1-2-10-15-11(17-16-10)12(18)14-7-8-3-5-9(13)6-4-8/h3-6H,2,7,13H2,1H3,(H,14,18)(H,15,16,17). The summed E-state index contributed by atoms with van der Waals surface area (Å²) in [4.78, 5) is 15.8. The van der Waals surface area contributed by atoms with Crippen LogP contribution in [-0.2, 0) is 13.0 Å². The first-order valence-corrected chi connectivity index (χ1v) is 5.73. The Morgan fingerprint density at radius 3 is 2.72 bits per heavy atom. The highest BCUT2D eigenvalue weighted by molar-refractivity contribution is 5.90. The van der Waals surface area contributed by atoms with Gasteiger partial charge < -0.3 is 11.1 Å². The Kier molecular flexibility index (Phi) is 3.57. The van der Waals surface area contributed by atoms with Crippen LogP contribution in [0, 0.1) is 0 Å². The van der Waals surface area contributed by atoms with E-state index in [1.54, 1.807) is 12.1 Å². The second kappa shape index (κ2) is 5.31. The van der Waals surface area contributed by atoms with E-state index in [2.05, 4.69) is 20.5 Å². The molecule has 0 aliphatic heterocycles. The van der Waals surface area contributed by atoms with Crippen LogP contribution in [0.4, 0.5) is 5.69 Å². The summed E-state index contributed by atoms with van der Waals surface area (Å²) in [7, 11) is 0. The van der Waals surface area contributed by atoms with Crippen LogP contribution in [0.2, 0.25) is 0 Å². The first-order valence-electron chi connectivity index (χ1n) is 5.73. The SMILES string of the molecule is CCc1nc(C(=O)NCc2ccc(N)cc2)n[nH]1. The number of amides is 1. The number of carbonyl (C=O) groups excluding carboxylic acids is 1. The Labute approximate surface area is 105 Å². The van der Waals surface area contributed by atoms with Gasteiger partial charge in [-0.1, -0.05) is 19.1 Å². The van der Waals surface area contributed by atoms with Crippen molar-refractivity contribution in [2.24, 2.45) is 0 Å². The monoisotopic (exact) mass is 245 g/mol. The second-order valence-corrected chi connectivity index (χ2v) is 3.88. The van der Waals surface area contributed by atoms with Crippen LogP contribution in [0.15, 0.2) is 24.3 Å². The number of nitrogens with zero attached hydrogens (tertiary/aromatic N) is 2. The van der Waals surface area contributed by atoms with Crippen LogP contribution in [0.1, 0.15) is 28.9 Å². The minimum atomic E-state index is -0.289. The maximum absolute atomic E-state index is 11.7. The van der Waals surface area contributed by atoms with Crippen LogP contribution in [0.3, 0.4) is 0 Å².